The van der Waals surface area contributed by atoms with Crippen molar-refractivity contribution in [2.24, 2.45) is 0 Å². The second-order valence-corrected chi connectivity index (χ2v) is 5.00. The van der Waals surface area contributed by atoms with Crippen LogP contribution < -0.4 is 5.32 Å². The van der Waals surface area contributed by atoms with Crippen LogP contribution in [0.2, 0.25) is 0 Å². The highest BCUT2D eigenvalue weighted by Crippen LogP contribution is 2.17. The molecule has 0 aliphatic heterocycles. The van der Waals surface area contributed by atoms with Crippen molar-refractivity contribution in [1.82, 2.24) is 14.8 Å². The van der Waals surface area contributed by atoms with Gasteiger partial charge in [0.25, 0.3) is 0 Å². The molecule has 0 aliphatic rings. The summed E-state index contributed by atoms with van der Waals surface area (Å²) in [6, 6.07) is 18.5. The van der Waals surface area contributed by atoms with Gasteiger partial charge >= 0.3 is 0 Å². The fourth-order valence-electron chi connectivity index (χ4n) is 2.23. The lowest BCUT2D eigenvalue weighted by atomic mass is 10.1. The third kappa shape index (κ3) is 3.48. The fraction of sp³-hybridized carbons (Fsp3) is 0.176. The summed E-state index contributed by atoms with van der Waals surface area (Å²) >= 11 is 0. The van der Waals surface area contributed by atoms with Crippen molar-refractivity contribution in [3.63, 3.8) is 0 Å². The van der Waals surface area contributed by atoms with E-state index in [-0.39, 0.29) is 6.04 Å². The van der Waals surface area contributed by atoms with Crippen LogP contribution >= 0.6 is 0 Å². The Morgan fingerprint density at radius 1 is 1.05 bits per heavy atom. The Morgan fingerprint density at radius 2 is 1.86 bits per heavy atom. The molecule has 2 heterocycles. The van der Waals surface area contributed by atoms with Gasteiger partial charge in [0, 0.05) is 24.5 Å². The van der Waals surface area contributed by atoms with Gasteiger partial charge in [-0.3, -0.25) is 9.67 Å². The standard InChI is InChI=1S/C17H18N4/c1-14(15-7-3-2-4-8-15)19-17-10-12-21(20-17)13-16-9-5-6-11-18-16/h2-12,14H,13H2,1H3,(H,19,20)/t14-/m0/s1. The molecule has 1 aromatic carbocycles. The molecule has 0 saturated carbocycles. The summed E-state index contributed by atoms with van der Waals surface area (Å²) in [5.41, 5.74) is 2.25. The van der Waals surface area contributed by atoms with E-state index < -0.39 is 0 Å². The molecule has 4 heteroatoms. The van der Waals surface area contributed by atoms with Gasteiger partial charge in [-0.1, -0.05) is 36.4 Å². The highest BCUT2D eigenvalue weighted by molar-refractivity contribution is 5.36. The van der Waals surface area contributed by atoms with Crippen LogP contribution in [-0.2, 0) is 6.54 Å². The first-order valence-corrected chi connectivity index (χ1v) is 7.06. The van der Waals surface area contributed by atoms with E-state index in [0.717, 1.165) is 11.5 Å². The van der Waals surface area contributed by atoms with Crippen LogP contribution in [0.3, 0.4) is 0 Å². The van der Waals surface area contributed by atoms with Gasteiger partial charge in [-0.2, -0.15) is 5.10 Å². The lowest BCUT2D eigenvalue weighted by Gasteiger charge is -2.13. The zero-order valence-electron chi connectivity index (χ0n) is 12.0. The fourth-order valence-corrected chi connectivity index (χ4v) is 2.23. The number of pyridine rings is 1. The van der Waals surface area contributed by atoms with Crippen LogP contribution in [0.5, 0.6) is 0 Å². The number of benzene rings is 1. The number of nitrogens with one attached hydrogen (secondary N) is 1. The molecule has 0 spiro atoms. The lowest BCUT2D eigenvalue weighted by Crippen LogP contribution is -2.08. The molecule has 4 nitrogen and oxygen atoms in total. The van der Waals surface area contributed by atoms with Crippen molar-refractivity contribution in [3.8, 4) is 0 Å². The van der Waals surface area contributed by atoms with Gasteiger partial charge in [-0.15, -0.1) is 0 Å². The molecule has 0 saturated heterocycles. The van der Waals surface area contributed by atoms with Crippen LogP contribution in [0.25, 0.3) is 0 Å². The Bertz CT molecular complexity index is 676. The quantitative estimate of drug-likeness (QED) is 0.776. The molecular weight excluding hydrogens is 260 g/mol. The molecule has 106 valence electrons. The van der Waals surface area contributed by atoms with Crippen molar-refractivity contribution in [2.75, 3.05) is 5.32 Å². The van der Waals surface area contributed by atoms with E-state index in [1.165, 1.54) is 5.56 Å². The highest BCUT2D eigenvalue weighted by atomic mass is 15.3. The summed E-state index contributed by atoms with van der Waals surface area (Å²) in [7, 11) is 0. The molecule has 0 radical (unpaired) electrons. The van der Waals surface area contributed by atoms with E-state index >= 15 is 0 Å². The molecule has 21 heavy (non-hydrogen) atoms. The lowest BCUT2D eigenvalue weighted by molar-refractivity contribution is 0.671. The van der Waals surface area contributed by atoms with E-state index in [1.807, 2.05) is 53.3 Å². The van der Waals surface area contributed by atoms with Crippen LogP contribution in [0, 0.1) is 0 Å². The van der Waals surface area contributed by atoms with E-state index in [1.54, 1.807) is 6.20 Å². The SMILES string of the molecule is C[C@H](Nc1ccn(Cc2ccccn2)n1)c1ccccc1. The minimum atomic E-state index is 0.226. The average Bonchev–Trinajstić information content (AvgIpc) is 2.96. The number of rotatable bonds is 5. The minimum Gasteiger partial charge on any atom is -0.362 e. The van der Waals surface area contributed by atoms with Crippen LogP contribution in [0.15, 0.2) is 67.0 Å². The second kappa shape index (κ2) is 6.22. The Labute approximate surface area is 124 Å². The third-order valence-corrected chi connectivity index (χ3v) is 3.35. The maximum absolute atomic E-state index is 4.54. The number of aromatic nitrogens is 3. The van der Waals surface area contributed by atoms with Crippen LogP contribution in [0.1, 0.15) is 24.2 Å². The van der Waals surface area contributed by atoms with E-state index in [2.05, 4.69) is 34.5 Å². The summed E-state index contributed by atoms with van der Waals surface area (Å²) in [4.78, 5) is 4.31. The number of anilines is 1. The monoisotopic (exact) mass is 278 g/mol. The molecule has 0 amide bonds. The first-order chi connectivity index (χ1) is 10.3. The van der Waals surface area contributed by atoms with E-state index in [0.29, 0.717) is 6.54 Å². The smallest absolute Gasteiger partial charge is 0.148 e. The highest BCUT2D eigenvalue weighted by Gasteiger charge is 2.06. The Hall–Kier alpha value is -2.62. The predicted molar refractivity (Wildman–Crippen MR) is 84.0 cm³/mol. The van der Waals surface area contributed by atoms with Crippen LogP contribution in [0.4, 0.5) is 5.82 Å². The molecule has 0 aliphatic carbocycles. The van der Waals surface area contributed by atoms with Gasteiger partial charge in [-0.05, 0) is 24.6 Å². The van der Waals surface area contributed by atoms with E-state index in [9.17, 15) is 0 Å². The molecule has 0 fully saturated rings. The van der Waals surface area contributed by atoms with Gasteiger partial charge in [0.15, 0.2) is 0 Å². The third-order valence-electron chi connectivity index (χ3n) is 3.35. The zero-order chi connectivity index (χ0) is 14.5. The normalized spacial score (nSPS) is 12.0. The van der Waals surface area contributed by atoms with Gasteiger partial charge in [0.1, 0.15) is 5.82 Å². The number of hydrogen-bond donors (Lipinski definition) is 1. The van der Waals surface area contributed by atoms with Gasteiger partial charge < -0.3 is 5.32 Å². The van der Waals surface area contributed by atoms with Crippen molar-refractivity contribution in [1.29, 1.82) is 0 Å². The first-order valence-electron chi connectivity index (χ1n) is 7.06. The molecule has 1 N–H and O–H groups in total. The number of nitrogens with zero attached hydrogens (tertiary/aromatic N) is 3. The Morgan fingerprint density at radius 3 is 2.62 bits per heavy atom. The first kappa shape index (κ1) is 13.4. The van der Waals surface area contributed by atoms with Gasteiger partial charge in [0.05, 0.1) is 12.2 Å². The van der Waals surface area contributed by atoms with Gasteiger partial charge in [0.2, 0.25) is 0 Å². The van der Waals surface area contributed by atoms with Crippen molar-refractivity contribution in [2.45, 2.75) is 19.5 Å². The Kier molecular flexibility index (Phi) is 3.96. The minimum absolute atomic E-state index is 0.226. The van der Waals surface area contributed by atoms with E-state index in [4.69, 9.17) is 0 Å². The maximum Gasteiger partial charge on any atom is 0.148 e. The van der Waals surface area contributed by atoms with Crippen molar-refractivity contribution >= 4 is 5.82 Å². The Balaban J connectivity index is 1.65. The van der Waals surface area contributed by atoms with Gasteiger partial charge in [-0.25, -0.2) is 0 Å². The summed E-state index contributed by atoms with van der Waals surface area (Å²) < 4.78 is 1.89. The molecule has 1 atom stereocenters. The number of hydrogen-bond acceptors (Lipinski definition) is 3. The molecular formula is C17H18N4. The predicted octanol–water partition coefficient (Wildman–Crippen LogP) is 3.50. The summed E-state index contributed by atoms with van der Waals surface area (Å²) in [6.45, 7) is 2.81. The largest absolute Gasteiger partial charge is 0.362 e. The zero-order valence-corrected chi connectivity index (χ0v) is 12.0. The summed E-state index contributed by atoms with van der Waals surface area (Å²) in [5, 5.41) is 7.95. The maximum atomic E-state index is 4.54. The summed E-state index contributed by atoms with van der Waals surface area (Å²) in [6.07, 6.45) is 3.77. The molecule has 3 rings (SSSR count). The topological polar surface area (TPSA) is 42.7 Å². The molecule has 3 aromatic rings. The van der Waals surface area contributed by atoms with Crippen LogP contribution in [-0.4, -0.2) is 14.8 Å². The van der Waals surface area contributed by atoms with Crippen molar-refractivity contribution < 1.29 is 0 Å². The van der Waals surface area contributed by atoms with Crippen molar-refractivity contribution in [3.05, 3.63) is 78.2 Å². The average molecular weight is 278 g/mol. The summed E-state index contributed by atoms with van der Waals surface area (Å²) in [5.74, 6) is 0.877. The molecule has 0 unspecified atom stereocenters. The molecule has 2 aromatic heterocycles. The molecule has 0 bridgehead atoms. The second-order valence-electron chi connectivity index (χ2n) is 5.00.